The Morgan fingerprint density at radius 3 is 0.841 bits per heavy atom. The van der Waals surface area contributed by atoms with Crippen molar-refractivity contribution in [2.45, 2.75) is 341 Å². The third-order valence-electron chi connectivity index (χ3n) is 15.0. The van der Waals surface area contributed by atoms with E-state index in [9.17, 15) is 14.4 Å². The number of hydrogen-bond donors (Lipinski definition) is 0. The normalized spacial score (nSPS) is 12.8. The van der Waals surface area contributed by atoms with Crippen LogP contribution >= 0.6 is 0 Å². The lowest BCUT2D eigenvalue weighted by Crippen LogP contribution is -2.30. The van der Waals surface area contributed by atoms with Crippen LogP contribution < -0.4 is 0 Å². The number of allylic oxidation sites excluding steroid dienone is 18. The van der Waals surface area contributed by atoms with Crippen molar-refractivity contribution in [2.24, 2.45) is 0 Å². The Morgan fingerprint density at radius 1 is 0.256 bits per heavy atom. The Morgan fingerprint density at radius 2 is 0.512 bits per heavy atom. The van der Waals surface area contributed by atoms with E-state index in [0.717, 1.165) is 109 Å². The molecule has 0 heterocycles. The van der Waals surface area contributed by atoms with Crippen molar-refractivity contribution in [1.29, 1.82) is 0 Å². The average Bonchev–Trinajstić information content (AvgIpc) is 3.47. The predicted molar refractivity (Wildman–Crippen MR) is 357 cm³/mol. The first-order valence-electron chi connectivity index (χ1n) is 34.9. The Hall–Kier alpha value is -3.93. The van der Waals surface area contributed by atoms with Crippen molar-refractivity contribution < 1.29 is 28.6 Å². The van der Waals surface area contributed by atoms with Gasteiger partial charge in [0, 0.05) is 19.3 Å². The van der Waals surface area contributed by atoms with Gasteiger partial charge in [0.2, 0.25) is 0 Å². The van der Waals surface area contributed by atoms with Crippen LogP contribution in [0.1, 0.15) is 335 Å². The summed E-state index contributed by atoms with van der Waals surface area (Å²) in [6.45, 7) is 6.44. The third kappa shape index (κ3) is 66.9. The first-order chi connectivity index (χ1) is 40.5. The average molecular weight is 1140 g/mol. The molecule has 0 spiro atoms. The van der Waals surface area contributed by atoms with Gasteiger partial charge in [0.05, 0.1) is 0 Å². The van der Waals surface area contributed by atoms with Crippen LogP contribution in [0.25, 0.3) is 0 Å². The first-order valence-corrected chi connectivity index (χ1v) is 34.9. The first kappa shape index (κ1) is 78.1. The molecule has 1 atom stereocenters. The number of rotatable bonds is 63. The molecule has 0 aromatic rings. The maximum absolute atomic E-state index is 12.9. The van der Waals surface area contributed by atoms with Crippen LogP contribution in [-0.4, -0.2) is 37.2 Å². The van der Waals surface area contributed by atoms with E-state index in [4.69, 9.17) is 14.2 Å². The molecule has 0 aliphatic carbocycles. The highest BCUT2D eigenvalue weighted by molar-refractivity contribution is 5.71. The van der Waals surface area contributed by atoms with Crippen LogP contribution in [0, 0.1) is 0 Å². The molecule has 0 aromatic carbocycles. The van der Waals surface area contributed by atoms with Crippen molar-refractivity contribution in [3.05, 3.63) is 109 Å². The topological polar surface area (TPSA) is 78.9 Å². The summed E-state index contributed by atoms with van der Waals surface area (Å²) in [6.07, 6.45) is 95.7. The van der Waals surface area contributed by atoms with Gasteiger partial charge in [-0.25, -0.2) is 0 Å². The number of unbranched alkanes of at least 4 members (excludes halogenated alkanes) is 34. The fourth-order valence-corrected chi connectivity index (χ4v) is 9.78. The van der Waals surface area contributed by atoms with Crippen molar-refractivity contribution in [3.8, 4) is 0 Å². The number of carbonyl (C=O) groups is 3. The molecule has 0 saturated carbocycles. The van der Waals surface area contributed by atoms with Crippen LogP contribution in [0.2, 0.25) is 0 Å². The second kappa shape index (κ2) is 69.6. The minimum Gasteiger partial charge on any atom is -0.462 e. The van der Waals surface area contributed by atoms with Gasteiger partial charge in [0.15, 0.2) is 6.10 Å². The summed E-state index contributed by atoms with van der Waals surface area (Å²) in [5.41, 5.74) is 0. The van der Waals surface area contributed by atoms with Crippen LogP contribution in [0.15, 0.2) is 109 Å². The molecule has 0 aromatic heterocycles. The summed E-state index contributed by atoms with van der Waals surface area (Å²) in [5, 5.41) is 0. The Kier molecular flexibility index (Phi) is 66.2. The summed E-state index contributed by atoms with van der Waals surface area (Å²) < 4.78 is 16.9. The summed E-state index contributed by atoms with van der Waals surface area (Å²) >= 11 is 0. The van der Waals surface area contributed by atoms with Crippen molar-refractivity contribution >= 4 is 17.9 Å². The van der Waals surface area contributed by atoms with Crippen LogP contribution in [-0.2, 0) is 28.6 Å². The van der Waals surface area contributed by atoms with E-state index in [1.807, 2.05) is 0 Å². The van der Waals surface area contributed by atoms with Gasteiger partial charge in [-0.05, 0) is 116 Å². The molecule has 0 fully saturated rings. The molecule has 82 heavy (non-hydrogen) atoms. The summed E-state index contributed by atoms with van der Waals surface area (Å²) in [7, 11) is 0. The zero-order valence-electron chi connectivity index (χ0n) is 54.0. The lowest BCUT2D eigenvalue weighted by Gasteiger charge is -2.18. The minimum absolute atomic E-state index is 0.103. The monoisotopic (exact) mass is 1140 g/mol. The van der Waals surface area contributed by atoms with Gasteiger partial charge in [-0.2, -0.15) is 0 Å². The van der Waals surface area contributed by atoms with Gasteiger partial charge in [-0.3, -0.25) is 14.4 Å². The number of ether oxygens (including phenoxy) is 3. The largest absolute Gasteiger partial charge is 0.462 e. The highest BCUT2D eigenvalue weighted by Crippen LogP contribution is 2.17. The Balaban J connectivity index is 4.22. The minimum atomic E-state index is -0.813. The van der Waals surface area contributed by atoms with E-state index in [1.165, 1.54) is 180 Å². The van der Waals surface area contributed by atoms with E-state index in [2.05, 4.69) is 130 Å². The third-order valence-corrected chi connectivity index (χ3v) is 15.0. The molecule has 470 valence electrons. The maximum atomic E-state index is 12.9. The smallest absolute Gasteiger partial charge is 0.306 e. The molecule has 6 heteroatoms. The van der Waals surface area contributed by atoms with Gasteiger partial charge >= 0.3 is 17.9 Å². The maximum Gasteiger partial charge on any atom is 0.306 e. The standard InChI is InChI=1S/C76H130O6/c1-4-7-10-13-16-19-22-24-26-28-30-32-34-35-36-37-38-39-40-41-43-44-46-48-50-52-54-57-60-63-66-69-75(78)81-72-73(71-80-74(77)68-65-62-59-56-21-18-15-12-9-6-3)82-76(79)70-67-64-61-58-55-53-51-49-47-45-42-33-31-29-27-25-23-20-17-14-11-8-5-2/h8,11-12,15,17,20,25,27-28,30-31,33,45,47,51,53,58,61,73H,4-7,9-10,13-14,16,18-19,21-24,26,29,32,34-44,46,48-50,52,54-57,59-60,62-72H2,1-3H3/b11-8-,15-12-,20-17-,27-25-,30-28-,33-31-,47-45-,53-51-,61-58-. The van der Waals surface area contributed by atoms with Gasteiger partial charge in [-0.1, -0.05) is 310 Å². The molecular formula is C76H130O6. The highest BCUT2D eigenvalue weighted by Gasteiger charge is 2.19. The van der Waals surface area contributed by atoms with Crippen molar-refractivity contribution in [2.75, 3.05) is 13.2 Å². The second-order valence-electron chi connectivity index (χ2n) is 23.1. The second-order valence-corrected chi connectivity index (χ2v) is 23.1. The SMILES string of the molecule is CC/C=C\C/C=C\C/C=C\C/C=C\C/C=C\C/C=C\C/C=C\CCCC(=O)OC(COC(=O)CCCCCCC/C=C\CCC)COC(=O)CCCCCCCCCCCCCCCCCCCCC/C=C\CCCCCCCCCC. The number of hydrogen-bond acceptors (Lipinski definition) is 6. The summed E-state index contributed by atoms with van der Waals surface area (Å²) in [4.78, 5) is 38.3. The highest BCUT2D eigenvalue weighted by atomic mass is 16.6. The number of esters is 3. The number of carbonyl (C=O) groups excluding carboxylic acids is 3. The van der Waals surface area contributed by atoms with E-state index < -0.39 is 6.10 Å². The molecule has 1 unspecified atom stereocenters. The van der Waals surface area contributed by atoms with Crippen molar-refractivity contribution in [1.82, 2.24) is 0 Å². The molecule has 0 amide bonds. The fourth-order valence-electron chi connectivity index (χ4n) is 9.78. The molecule has 0 rings (SSSR count). The van der Waals surface area contributed by atoms with Gasteiger partial charge in [0.25, 0.3) is 0 Å². The Bertz CT molecular complexity index is 1640. The van der Waals surface area contributed by atoms with Gasteiger partial charge in [-0.15, -0.1) is 0 Å². The van der Waals surface area contributed by atoms with Gasteiger partial charge in [0.1, 0.15) is 13.2 Å². The van der Waals surface area contributed by atoms with Crippen LogP contribution in [0.5, 0.6) is 0 Å². The van der Waals surface area contributed by atoms with E-state index in [-0.39, 0.29) is 37.5 Å². The Labute approximate surface area is 508 Å². The van der Waals surface area contributed by atoms with E-state index >= 15 is 0 Å². The quantitative estimate of drug-likeness (QED) is 0.0261. The lowest BCUT2D eigenvalue weighted by atomic mass is 10.0. The van der Waals surface area contributed by atoms with Crippen molar-refractivity contribution in [3.63, 3.8) is 0 Å². The molecule has 6 nitrogen and oxygen atoms in total. The lowest BCUT2D eigenvalue weighted by molar-refractivity contribution is -0.167. The molecular weight excluding hydrogens is 1010 g/mol. The molecule has 0 bridgehead atoms. The van der Waals surface area contributed by atoms with E-state index in [0.29, 0.717) is 19.3 Å². The molecule has 0 radical (unpaired) electrons. The zero-order chi connectivity index (χ0) is 59.2. The van der Waals surface area contributed by atoms with Crippen LogP contribution in [0.3, 0.4) is 0 Å². The summed E-state index contributed by atoms with van der Waals surface area (Å²) in [6, 6.07) is 0. The zero-order valence-corrected chi connectivity index (χ0v) is 54.0. The van der Waals surface area contributed by atoms with Gasteiger partial charge < -0.3 is 14.2 Å². The fraction of sp³-hybridized carbons (Fsp3) is 0.724. The molecule has 0 aliphatic heterocycles. The summed E-state index contributed by atoms with van der Waals surface area (Å²) in [5.74, 6) is -0.965. The molecule has 0 aliphatic rings. The van der Waals surface area contributed by atoms with E-state index in [1.54, 1.807) is 0 Å². The van der Waals surface area contributed by atoms with Crippen LogP contribution in [0.4, 0.5) is 0 Å². The molecule has 0 saturated heterocycles. The predicted octanol–water partition coefficient (Wildman–Crippen LogP) is 24.2. The molecule has 0 N–H and O–H groups in total.